The molecule has 2 heterocycles. The summed E-state index contributed by atoms with van der Waals surface area (Å²) >= 11 is 0. The highest BCUT2D eigenvalue weighted by molar-refractivity contribution is 5.14. The van der Waals surface area contributed by atoms with Crippen molar-refractivity contribution < 1.29 is 0 Å². The first-order valence-electron chi connectivity index (χ1n) is 7.97. The standard InChI is InChI=1S/C15H27N5/c1-12-15(18-11-17-12)14(10-16)20-8-6-19(7-9-20)13-4-2-3-5-13/h11,13-14H,2-10,16H2,1H3,(H,17,18). The van der Waals surface area contributed by atoms with E-state index >= 15 is 0 Å². The maximum atomic E-state index is 6.01. The van der Waals surface area contributed by atoms with Crippen LogP contribution in [0, 0.1) is 6.92 Å². The van der Waals surface area contributed by atoms with Gasteiger partial charge in [-0.05, 0) is 19.8 Å². The average molecular weight is 277 g/mol. The number of nitrogens with two attached hydrogens (primary N) is 1. The van der Waals surface area contributed by atoms with Gasteiger partial charge in [0.1, 0.15) is 0 Å². The molecule has 20 heavy (non-hydrogen) atoms. The van der Waals surface area contributed by atoms with Gasteiger partial charge in [0.05, 0.1) is 18.1 Å². The van der Waals surface area contributed by atoms with E-state index in [0.717, 1.165) is 30.5 Å². The molecule has 2 aliphatic rings. The van der Waals surface area contributed by atoms with Crippen LogP contribution in [0.1, 0.15) is 43.1 Å². The summed E-state index contributed by atoms with van der Waals surface area (Å²) in [5.74, 6) is 0. The summed E-state index contributed by atoms with van der Waals surface area (Å²) in [4.78, 5) is 12.8. The lowest BCUT2D eigenvalue weighted by molar-refractivity contribution is 0.0710. The average Bonchev–Trinajstić information content (AvgIpc) is 3.13. The van der Waals surface area contributed by atoms with Crippen LogP contribution >= 0.6 is 0 Å². The van der Waals surface area contributed by atoms with Crippen LogP contribution in [0.3, 0.4) is 0 Å². The number of aromatic amines is 1. The Bertz CT molecular complexity index is 416. The molecule has 1 atom stereocenters. The molecule has 112 valence electrons. The smallest absolute Gasteiger partial charge is 0.0925 e. The van der Waals surface area contributed by atoms with Gasteiger partial charge < -0.3 is 10.7 Å². The SMILES string of the molecule is Cc1[nH]cnc1C(CN)N1CCN(C2CCCC2)CC1. The van der Waals surface area contributed by atoms with E-state index in [9.17, 15) is 0 Å². The number of aromatic nitrogens is 2. The molecule has 5 heteroatoms. The van der Waals surface area contributed by atoms with Gasteiger partial charge in [-0.15, -0.1) is 0 Å². The third-order valence-electron chi connectivity index (χ3n) is 5.04. The molecule has 0 radical (unpaired) electrons. The van der Waals surface area contributed by atoms with Crippen molar-refractivity contribution in [1.29, 1.82) is 0 Å². The molecule has 1 aliphatic heterocycles. The molecule has 0 amide bonds. The summed E-state index contributed by atoms with van der Waals surface area (Å²) in [6.07, 6.45) is 7.42. The van der Waals surface area contributed by atoms with Gasteiger partial charge in [-0.25, -0.2) is 4.98 Å². The number of nitrogens with one attached hydrogen (secondary N) is 1. The van der Waals surface area contributed by atoms with Crippen LogP contribution in [0.25, 0.3) is 0 Å². The first-order chi connectivity index (χ1) is 9.79. The van der Waals surface area contributed by atoms with Crippen molar-refractivity contribution in [3.8, 4) is 0 Å². The fraction of sp³-hybridized carbons (Fsp3) is 0.800. The second kappa shape index (κ2) is 6.24. The van der Waals surface area contributed by atoms with Crippen molar-refractivity contribution in [3.05, 3.63) is 17.7 Å². The minimum Gasteiger partial charge on any atom is -0.348 e. The van der Waals surface area contributed by atoms with E-state index in [-0.39, 0.29) is 6.04 Å². The number of hydrogen-bond acceptors (Lipinski definition) is 4. The van der Waals surface area contributed by atoms with Gasteiger partial charge in [-0.2, -0.15) is 0 Å². The molecule has 1 unspecified atom stereocenters. The summed E-state index contributed by atoms with van der Waals surface area (Å²) < 4.78 is 0. The third kappa shape index (κ3) is 2.75. The molecule has 2 fully saturated rings. The summed E-state index contributed by atoms with van der Waals surface area (Å²) in [7, 11) is 0. The second-order valence-corrected chi connectivity index (χ2v) is 6.17. The number of hydrogen-bond donors (Lipinski definition) is 2. The van der Waals surface area contributed by atoms with E-state index in [1.807, 2.05) is 0 Å². The van der Waals surface area contributed by atoms with Crippen molar-refractivity contribution in [2.24, 2.45) is 5.73 Å². The molecule has 0 aromatic carbocycles. The van der Waals surface area contributed by atoms with Gasteiger partial charge >= 0.3 is 0 Å². The van der Waals surface area contributed by atoms with Crippen LogP contribution in [0.5, 0.6) is 0 Å². The van der Waals surface area contributed by atoms with Crippen molar-refractivity contribution in [3.63, 3.8) is 0 Å². The molecule has 1 aromatic heterocycles. The molecule has 3 rings (SSSR count). The van der Waals surface area contributed by atoms with Gasteiger partial charge in [0, 0.05) is 44.5 Å². The van der Waals surface area contributed by atoms with Crippen LogP contribution in [0.2, 0.25) is 0 Å². The summed E-state index contributed by atoms with van der Waals surface area (Å²) in [6, 6.07) is 1.12. The van der Waals surface area contributed by atoms with Crippen molar-refractivity contribution in [1.82, 2.24) is 19.8 Å². The van der Waals surface area contributed by atoms with Gasteiger partial charge in [-0.1, -0.05) is 12.8 Å². The molecule has 3 N–H and O–H groups in total. The molecule has 1 saturated heterocycles. The molecule has 0 spiro atoms. The molecule has 1 aromatic rings. The summed E-state index contributed by atoms with van der Waals surface area (Å²) in [5.41, 5.74) is 8.29. The Morgan fingerprint density at radius 2 is 2.00 bits per heavy atom. The molecular formula is C15H27N5. The fourth-order valence-corrected chi connectivity index (χ4v) is 3.82. The number of piperazine rings is 1. The number of imidazole rings is 1. The zero-order valence-corrected chi connectivity index (χ0v) is 12.5. The monoisotopic (exact) mass is 277 g/mol. The van der Waals surface area contributed by atoms with Crippen molar-refractivity contribution in [2.45, 2.75) is 44.7 Å². The van der Waals surface area contributed by atoms with E-state index in [4.69, 9.17) is 5.73 Å². The van der Waals surface area contributed by atoms with Crippen LogP contribution in [-0.4, -0.2) is 58.5 Å². The van der Waals surface area contributed by atoms with Gasteiger partial charge in [0.15, 0.2) is 0 Å². The summed E-state index contributed by atoms with van der Waals surface area (Å²) in [5, 5.41) is 0. The van der Waals surface area contributed by atoms with E-state index in [2.05, 4.69) is 26.7 Å². The van der Waals surface area contributed by atoms with Gasteiger partial charge in [-0.3, -0.25) is 9.80 Å². The maximum Gasteiger partial charge on any atom is 0.0925 e. The van der Waals surface area contributed by atoms with Crippen molar-refractivity contribution in [2.75, 3.05) is 32.7 Å². The minimum absolute atomic E-state index is 0.270. The van der Waals surface area contributed by atoms with E-state index in [1.165, 1.54) is 38.8 Å². The molecule has 1 aliphatic carbocycles. The Hall–Kier alpha value is -0.910. The first kappa shape index (κ1) is 14.0. The van der Waals surface area contributed by atoms with Crippen LogP contribution in [0.4, 0.5) is 0 Å². The van der Waals surface area contributed by atoms with E-state index in [0.29, 0.717) is 6.54 Å². The quantitative estimate of drug-likeness (QED) is 0.870. The molecule has 5 nitrogen and oxygen atoms in total. The first-order valence-corrected chi connectivity index (χ1v) is 7.97. The van der Waals surface area contributed by atoms with Crippen LogP contribution in [0.15, 0.2) is 6.33 Å². The molecular weight excluding hydrogens is 250 g/mol. The maximum absolute atomic E-state index is 6.01. The summed E-state index contributed by atoms with van der Waals surface area (Å²) in [6.45, 7) is 7.33. The lowest BCUT2D eigenvalue weighted by Gasteiger charge is -2.41. The minimum atomic E-state index is 0.270. The Kier molecular flexibility index (Phi) is 4.38. The number of aryl methyl sites for hydroxylation is 1. The molecule has 1 saturated carbocycles. The zero-order chi connectivity index (χ0) is 13.9. The molecule has 0 bridgehead atoms. The predicted octanol–water partition coefficient (Wildman–Crippen LogP) is 1.28. The number of rotatable bonds is 4. The van der Waals surface area contributed by atoms with Gasteiger partial charge in [0.2, 0.25) is 0 Å². The Labute approximate surface area is 121 Å². The zero-order valence-electron chi connectivity index (χ0n) is 12.5. The Morgan fingerprint density at radius 3 is 2.55 bits per heavy atom. The highest BCUT2D eigenvalue weighted by Gasteiger charge is 2.30. The van der Waals surface area contributed by atoms with Crippen LogP contribution in [-0.2, 0) is 0 Å². The number of nitrogens with zero attached hydrogens (tertiary/aromatic N) is 3. The highest BCUT2D eigenvalue weighted by Crippen LogP contribution is 2.27. The normalized spacial score (nSPS) is 24.3. The Morgan fingerprint density at radius 1 is 1.30 bits per heavy atom. The lowest BCUT2D eigenvalue weighted by atomic mass is 10.1. The largest absolute Gasteiger partial charge is 0.348 e. The fourth-order valence-electron chi connectivity index (χ4n) is 3.82. The van der Waals surface area contributed by atoms with Gasteiger partial charge in [0.25, 0.3) is 0 Å². The van der Waals surface area contributed by atoms with E-state index < -0.39 is 0 Å². The van der Waals surface area contributed by atoms with E-state index in [1.54, 1.807) is 6.33 Å². The van der Waals surface area contributed by atoms with Crippen LogP contribution < -0.4 is 5.73 Å². The number of H-pyrrole nitrogens is 1. The second-order valence-electron chi connectivity index (χ2n) is 6.17. The lowest BCUT2D eigenvalue weighted by Crippen LogP contribution is -2.51. The van der Waals surface area contributed by atoms with Crippen molar-refractivity contribution >= 4 is 0 Å². The topological polar surface area (TPSA) is 61.2 Å². The highest BCUT2D eigenvalue weighted by atomic mass is 15.3. The Balaban J connectivity index is 1.60. The predicted molar refractivity (Wildman–Crippen MR) is 80.5 cm³/mol. The third-order valence-corrected chi connectivity index (χ3v) is 5.04.